The number of carbonyl (C=O) groups is 1. The van der Waals surface area contributed by atoms with Crippen molar-refractivity contribution in [1.29, 1.82) is 0 Å². The van der Waals surface area contributed by atoms with Crippen molar-refractivity contribution in [2.75, 3.05) is 19.7 Å². The van der Waals surface area contributed by atoms with Crippen molar-refractivity contribution >= 4 is 28.5 Å². The smallest absolute Gasteiger partial charge is 0.337 e. The predicted molar refractivity (Wildman–Crippen MR) is 137 cm³/mol. The molecule has 0 amide bonds. The number of carboxylic acids is 1. The van der Waals surface area contributed by atoms with Crippen molar-refractivity contribution in [3.05, 3.63) is 64.3 Å². The van der Waals surface area contributed by atoms with Crippen LogP contribution in [0.1, 0.15) is 62.0 Å². The third kappa shape index (κ3) is 5.60. The largest absolute Gasteiger partial charge is 0.479 e. The monoisotopic (exact) mass is 480 g/mol. The zero-order valence-electron chi connectivity index (χ0n) is 20.0. The number of unbranched alkanes of at least 4 members (excludes halogenated alkanes) is 1. The molecule has 1 N–H and O–H groups in total. The lowest BCUT2D eigenvalue weighted by molar-refractivity contribution is -0.151. The van der Waals surface area contributed by atoms with E-state index < -0.39 is 12.1 Å². The number of carboxylic acid groups (broad SMARTS) is 1. The molecule has 3 aromatic rings. The molecule has 0 spiro atoms. The number of nitrogens with zero attached hydrogens (tertiary/aromatic N) is 2. The summed E-state index contributed by atoms with van der Waals surface area (Å²) in [5.74, 6) is -0.983. The lowest BCUT2D eigenvalue weighted by Gasteiger charge is -2.26. The first-order chi connectivity index (χ1) is 16.5. The molecule has 1 unspecified atom stereocenters. The van der Waals surface area contributed by atoms with E-state index in [4.69, 9.17) is 21.3 Å². The molecule has 2 heterocycles. The Labute approximate surface area is 206 Å². The van der Waals surface area contributed by atoms with Crippen LogP contribution in [0.2, 0.25) is 5.02 Å². The second kappa shape index (κ2) is 11.3. The van der Waals surface area contributed by atoms with Gasteiger partial charge in [-0.05, 0) is 80.2 Å². The van der Waals surface area contributed by atoms with Gasteiger partial charge in [0.1, 0.15) is 0 Å². The van der Waals surface area contributed by atoms with Crippen LogP contribution in [-0.2, 0) is 16.1 Å². The minimum atomic E-state index is -1.05. The topological polar surface area (TPSA) is 62.7 Å². The molecule has 0 radical (unpaired) electrons. The number of benzene rings is 2. The number of hydrogen-bond donors (Lipinski definition) is 1. The van der Waals surface area contributed by atoms with Gasteiger partial charge >= 0.3 is 5.97 Å². The molecule has 1 aromatic heterocycles. The molecule has 2 aromatic carbocycles. The molecule has 180 valence electrons. The molecular weight excluding hydrogens is 448 g/mol. The predicted octanol–water partition coefficient (Wildman–Crippen LogP) is 6.79. The fourth-order valence-electron chi connectivity index (χ4n) is 4.79. The Kier molecular flexibility index (Phi) is 8.19. The van der Waals surface area contributed by atoms with Gasteiger partial charge in [-0.1, -0.05) is 49.6 Å². The summed E-state index contributed by atoms with van der Waals surface area (Å²) in [4.78, 5) is 19.8. The molecule has 5 nitrogen and oxygen atoms in total. The summed E-state index contributed by atoms with van der Waals surface area (Å²) in [7, 11) is 0. The molecule has 4 rings (SSSR count). The van der Waals surface area contributed by atoms with E-state index in [1.54, 1.807) is 0 Å². The van der Waals surface area contributed by atoms with Gasteiger partial charge in [0.15, 0.2) is 6.10 Å². The Morgan fingerprint density at radius 3 is 2.56 bits per heavy atom. The average molecular weight is 481 g/mol. The van der Waals surface area contributed by atoms with E-state index in [-0.39, 0.29) is 0 Å². The highest BCUT2D eigenvalue weighted by molar-refractivity contribution is 6.30. The maximum Gasteiger partial charge on any atom is 0.337 e. The summed E-state index contributed by atoms with van der Waals surface area (Å²) < 4.78 is 5.92. The normalized spacial score (nSPS) is 15.5. The molecule has 1 fully saturated rings. The SMILES string of the molecule is CCCCOC(C(=O)O)c1c(C)cc2nc(CN3CCCCC3)ccc2c1-c1ccc(Cl)cc1. The highest BCUT2D eigenvalue weighted by Gasteiger charge is 2.28. The Bertz CT molecular complexity index is 1140. The zero-order valence-corrected chi connectivity index (χ0v) is 20.8. The number of rotatable bonds is 9. The number of ether oxygens (including phenoxy) is 1. The van der Waals surface area contributed by atoms with Gasteiger partial charge < -0.3 is 9.84 Å². The Balaban J connectivity index is 1.83. The van der Waals surface area contributed by atoms with Crippen molar-refractivity contribution in [1.82, 2.24) is 9.88 Å². The summed E-state index contributed by atoms with van der Waals surface area (Å²) in [6.07, 6.45) is 4.50. The van der Waals surface area contributed by atoms with E-state index in [1.807, 2.05) is 37.3 Å². The van der Waals surface area contributed by atoms with Gasteiger partial charge in [-0.15, -0.1) is 0 Å². The molecule has 0 saturated carbocycles. The van der Waals surface area contributed by atoms with E-state index in [9.17, 15) is 9.90 Å². The van der Waals surface area contributed by atoms with E-state index >= 15 is 0 Å². The lowest BCUT2D eigenvalue weighted by atomic mass is 9.88. The van der Waals surface area contributed by atoms with Crippen molar-refractivity contribution in [3.63, 3.8) is 0 Å². The van der Waals surface area contributed by atoms with Crippen LogP contribution in [0.5, 0.6) is 0 Å². The minimum absolute atomic E-state index is 0.401. The van der Waals surface area contributed by atoms with Crippen LogP contribution in [0.3, 0.4) is 0 Å². The number of hydrogen-bond acceptors (Lipinski definition) is 4. The number of aromatic nitrogens is 1. The third-order valence-electron chi connectivity index (χ3n) is 6.54. The first kappa shape index (κ1) is 24.6. The highest BCUT2D eigenvalue weighted by Crippen LogP contribution is 2.39. The van der Waals surface area contributed by atoms with Crippen LogP contribution in [-0.4, -0.2) is 40.7 Å². The number of likely N-dealkylation sites (tertiary alicyclic amines) is 1. The Morgan fingerprint density at radius 1 is 1.15 bits per heavy atom. The molecule has 1 atom stereocenters. The van der Waals surface area contributed by atoms with E-state index in [0.29, 0.717) is 17.2 Å². The molecule has 6 heteroatoms. The van der Waals surface area contributed by atoms with Crippen LogP contribution >= 0.6 is 11.6 Å². The second-order valence-corrected chi connectivity index (χ2v) is 9.57. The standard InChI is InChI=1S/C28H33ClN2O3/c1-3-4-16-34-27(28(32)33)25-19(2)17-24-23(26(25)20-8-10-21(29)11-9-20)13-12-22(30-24)18-31-14-6-5-7-15-31/h8-13,17,27H,3-7,14-16,18H2,1-2H3,(H,32,33). The molecule has 0 bridgehead atoms. The third-order valence-corrected chi connectivity index (χ3v) is 6.79. The van der Waals surface area contributed by atoms with Crippen LogP contribution < -0.4 is 0 Å². The van der Waals surface area contributed by atoms with Gasteiger partial charge in [0.05, 0.1) is 11.2 Å². The summed E-state index contributed by atoms with van der Waals surface area (Å²) >= 11 is 6.16. The lowest BCUT2D eigenvalue weighted by Crippen LogP contribution is -2.29. The first-order valence-electron chi connectivity index (χ1n) is 12.2. The summed E-state index contributed by atoms with van der Waals surface area (Å²) in [6, 6.07) is 13.7. The van der Waals surface area contributed by atoms with Gasteiger partial charge in [0, 0.05) is 29.1 Å². The zero-order chi connectivity index (χ0) is 24.1. The van der Waals surface area contributed by atoms with E-state index in [2.05, 4.69) is 24.0 Å². The van der Waals surface area contributed by atoms with Crippen molar-refractivity contribution < 1.29 is 14.6 Å². The minimum Gasteiger partial charge on any atom is -0.479 e. The fraction of sp³-hybridized carbons (Fsp3) is 0.429. The summed E-state index contributed by atoms with van der Waals surface area (Å²) in [5, 5.41) is 11.7. The van der Waals surface area contributed by atoms with Crippen LogP contribution in [0.15, 0.2) is 42.5 Å². The maximum absolute atomic E-state index is 12.3. The molecule has 1 aliphatic heterocycles. The maximum atomic E-state index is 12.3. The first-order valence-corrected chi connectivity index (χ1v) is 12.6. The number of fused-ring (bicyclic) bond motifs is 1. The summed E-state index contributed by atoms with van der Waals surface area (Å²) in [6.45, 7) is 7.48. The van der Waals surface area contributed by atoms with Crippen LogP contribution in [0, 0.1) is 6.92 Å². The molecule has 1 aliphatic rings. The van der Waals surface area contributed by atoms with Crippen LogP contribution in [0.25, 0.3) is 22.0 Å². The van der Waals surface area contributed by atoms with Crippen molar-refractivity contribution in [2.45, 2.75) is 58.6 Å². The van der Waals surface area contributed by atoms with Gasteiger partial charge in [0.25, 0.3) is 0 Å². The molecule has 1 saturated heterocycles. The van der Waals surface area contributed by atoms with E-state index in [1.165, 1.54) is 19.3 Å². The van der Waals surface area contributed by atoms with Crippen molar-refractivity contribution in [3.8, 4) is 11.1 Å². The second-order valence-electron chi connectivity index (χ2n) is 9.14. The number of pyridine rings is 1. The van der Waals surface area contributed by atoms with Gasteiger partial charge in [-0.25, -0.2) is 4.79 Å². The quantitative estimate of drug-likeness (QED) is 0.341. The van der Waals surface area contributed by atoms with Gasteiger partial charge in [-0.2, -0.15) is 0 Å². The number of piperidine rings is 1. The number of halogens is 1. The van der Waals surface area contributed by atoms with E-state index in [0.717, 1.165) is 65.8 Å². The van der Waals surface area contributed by atoms with Crippen molar-refractivity contribution in [2.24, 2.45) is 0 Å². The van der Waals surface area contributed by atoms with Crippen LogP contribution in [0.4, 0.5) is 0 Å². The number of aliphatic carboxylic acids is 1. The molecule has 34 heavy (non-hydrogen) atoms. The Morgan fingerprint density at radius 2 is 1.88 bits per heavy atom. The number of aryl methyl sites for hydroxylation is 1. The molecular formula is C28H33ClN2O3. The molecule has 0 aliphatic carbocycles. The Hall–Kier alpha value is -2.47. The summed E-state index contributed by atoms with van der Waals surface area (Å²) in [5.41, 5.74) is 5.22. The van der Waals surface area contributed by atoms with Gasteiger partial charge in [0.2, 0.25) is 0 Å². The fourth-order valence-corrected chi connectivity index (χ4v) is 4.91. The average Bonchev–Trinajstić information content (AvgIpc) is 2.82. The highest BCUT2D eigenvalue weighted by atomic mass is 35.5. The van der Waals surface area contributed by atoms with Gasteiger partial charge in [-0.3, -0.25) is 9.88 Å².